The summed E-state index contributed by atoms with van der Waals surface area (Å²) in [5, 5.41) is 10.8. The predicted octanol–water partition coefficient (Wildman–Crippen LogP) is 4.78. The van der Waals surface area contributed by atoms with Crippen molar-refractivity contribution in [1.82, 2.24) is 0 Å². The fourth-order valence-electron chi connectivity index (χ4n) is 2.59. The van der Waals surface area contributed by atoms with Crippen molar-refractivity contribution in [2.75, 3.05) is 19.1 Å². The second kappa shape index (κ2) is 8.29. The number of carbonyl (C=O) groups is 1. The zero-order chi connectivity index (χ0) is 20.4. The molecule has 0 bridgehead atoms. The largest absolute Gasteiger partial charge is 0.493 e. The number of hydrogen-bond acceptors (Lipinski definition) is 7. The average molecular weight is 481 g/mol. The lowest BCUT2D eigenvalue weighted by Crippen LogP contribution is -2.27. The highest BCUT2D eigenvalue weighted by atomic mass is 79.9. The second-order valence-electron chi connectivity index (χ2n) is 5.53. The SMILES string of the molecule is COc1cc(/C=C2\SC(=S)N(c3ccc([N+](=O)[O-])cc3)C2=O)cc(Br)c1OC. The molecule has 1 fully saturated rings. The minimum Gasteiger partial charge on any atom is -0.493 e. The van der Waals surface area contributed by atoms with Gasteiger partial charge in [-0.2, -0.15) is 0 Å². The second-order valence-corrected chi connectivity index (χ2v) is 8.06. The van der Waals surface area contributed by atoms with E-state index in [0.717, 1.165) is 17.3 Å². The van der Waals surface area contributed by atoms with Gasteiger partial charge < -0.3 is 9.47 Å². The van der Waals surface area contributed by atoms with Gasteiger partial charge in [-0.1, -0.05) is 24.0 Å². The van der Waals surface area contributed by atoms with E-state index in [4.69, 9.17) is 21.7 Å². The molecule has 0 saturated carbocycles. The molecule has 1 aliphatic rings. The molecule has 0 spiro atoms. The van der Waals surface area contributed by atoms with Crippen LogP contribution in [-0.4, -0.2) is 29.4 Å². The van der Waals surface area contributed by atoms with Gasteiger partial charge in [0.15, 0.2) is 15.8 Å². The van der Waals surface area contributed by atoms with E-state index in [-0.39, 0.29) is 11.6 Å². The number of ether oxygens (including phenoxy) is 2. The third-order valence-electron chi connectivity index (χ3n) is 3.87. The van der Waals surface area contributed by atoms with Gasteiger partial charge in [0.2, 0.25) is 0 Å². The summed E-state index contributed by atoms with van der Waals surface area (Å²) in [4.78, 5) is 24.9. The summed E-state index contributed by atoms with van der Waals surface area (Å²) >= 11 is 9.91. The number of carbonyl (C=O) groups excluding carboxylic acids is 1. The van der Waals surface area contributed by atoms with Crippen LogP contribution in [0.2, 0.25) is 0 Å². The monoisotopic (exact) mass is 480 g/mol. The fourth-order valence-corrected chi connectivity index (χ4v) is 4.51. The normalized spacial score (nSPS) is 15.2. The van der Waals surface area contributed by atoms with Crippen molar-refractivity contribution in [2.24, 2.45) is 0 Å². The van der Waals surface area contributed by atoms with Crippen LogP contribution in [0.25, 0.3) is 6.08 Å². The van der Waals surface area contributed by atoms with Crippen LogP contribution < -0.4 is 14.4 Å². The number of benzene rings is 2. The predicted molar refractivity (Wildman–Crippen MR) is 116 cm³/mol. The first-order chi connectivity index (χ1) is 13.3. The molecule has 144 valence electrons. The summed E-state index contributed by atoms with van der Waals surface area (Å²) in [6.45, 7) is 0. The van der Waals surface area contributed by atoms with Gasteiger partial charge in [0, 0.05) is 12.1 Å². The number of amides is 1. The van der Waals surface area contributed by atoms with Crippen molar-refractivity contribution in [1.29, 1.82) is 0 Å². The lowest BCUT2D eigenvalue weighted by atomic mass is 10.1. The third-order valence-corrected chi connectivity index (χ3v) is 5.76. The Morgan fingerprint density at radius 1 is 1.21 bits per heavy atom. The van der Waals surface area contributed by atoms with Crippen LogP contribution in [0, 0.1) is 10.1 Å². The van der Waals surface area contributed by atoms with Crippen molar-refractivity contribution in [3.63, 3.8) is 0 Å². The van der Waals surface area contributed by atoms with E-state index >= 15 is 0 Å². The maximum Gasteiger partial charge on any atom is 0.270 e. The summed E-state index contributed by atoms with van der Waals surface area (Å²) in [6.07, 6.45) is 1.71. The van der Waals surface area contributed by atoms with Crippen molar-refractivity contribution < 1.29 is 19.2 Å². The quantitative estimate of drug-likeness (QED) is 0.263. The Kier molecular flexibility index (Phi) is 6.01. The van der Waals surface area contributed by atoms with E-state index in [1.807, 2.05) is 0 Å². The van der Waals surface area contributed by atoms with Crippen LogP contribution in [0.4, 0.5) is 11.4 Å². The molecule has 0 N–H and O–H groups in total. The van der Waals surface area contributed by atoms with E-state index in [9.17, 15) is 14.9 Å². The molecule has 28 heavy (non-hydrogen) atoms. The first kappa shape index (κ1) is 20.3. The number of nitrogens with zero attached hydrogens (tertiary/aromatic N) is 2. The van der Waals surface area contributed by atoms with Crippen LogP contribution in [0.5, 0.6) is 11.5 Å². The Bertz CT molecular complexity index is 1010. The Balaban J connectivity index is 1.93. The van der Waals surface area contributed by atoms with E-state index in [2.05, 4.69) is 15.9 Å². The van der Waals surface area contributed by atoms with Gasteiger partial charge >= 0.3 is 0 Å². The van der Waals surface area contributed by atoms with Crippen molar-refractivity contribution in [2.45, 2.75) is 0 Å². The summed E-state index contributed by atoms with van der Waals surface area (Å²) in [7, 11) is 3.07. The Morgan fingerprint density at radius 3 is 2.46 bits per heavy atom. The number of methoxy groups -OCH3 is 2. The lowest BCUT2D eigenvalue weighted by Gasteiger charge is -2.14. The number of nitro benzene ring substituents is 1. The number of halogens is 1. The van der Waals surface area contributed by atoms with Crippen LogP contribution in [0.15, 0.2) is 45.8 Å². The molecule has 1 saturated heterocycles. The van der Waals surface area contributed by atoms with Gasteiger partial charge in [0.05, 0.1) is 34.2 Å². The lowest BCUT2D eigenvalue weighted by molar-refractivity contribution is -0.384. The number of nitro groups is 1. The standard InChI is InChI=1S/C18H13BrN2O5S2/c1-25-14-8-10(7-13(19)16(14)26-2)9-15-17(22)20(18(27)28-15)11-3-5-12(6-4-11)21(23)24/h3-9H,1-2H3/b15-9-. The smallest absolute Gasteiger partial charge is 0.270 e. The van der Waals surface area contributed by atoms with E-state index in [1.54, 1.807) is 18.2 Å². The molecule has 3 rings (SSSR count). The number of non-ortho nitro benzene ring substituents is 1. The molecule has 10 heteroatoms. The van der Waals surface area contributed by atoms with Gasteiger partial charge in [0.1, 0.15) is 0 Å². The number of anilines is 1. The van der Waals surface area contributed by atoms with Crippen LogP contribution in [0.3, 0.4) is 0 Å². The zero-order valence-corrected chi connectivity index (χ0v) is 17.9. The van der Waals surface area contributed by atoms with E-state index < -0.39 is 4.92 Å². The van der Waals surface area contributed by atoms with Crippen LogP contribution >= 0.6 is 39.9 Å². The number of thiocarbonyl (C=S) groups is 1. The van der Waals surface area contributed by atoms with Crippen molar-refractivity contribution in [3.05, 3.63) is 61.5 Å². The molecule has 0 aliphatic carbocycles. The molecule has 2 aromatic carbocycles. The molecular formula is C18H13BrN2O5S2. The number of rotatable bonds is 5. The Morgan fingerprint density at radius 2 is 1.89 bits per heavy atom. The first-order valence-corrected chi connectivity index (χ1v) is 9.81. The minimum absolute atomic E-state index is 0.0556. The Labute approximate surface area is 178 Å². The van der Waals surface area contributed by atoms with E-state index in [1.165, 1.54) is 43.4 Å². The van der Waals surface area contributed by atoms with E-state index in [0.29, 0.717) is 30.9 Å². The topological polar surface area (TPSA) is 81.9 Å². The molecule has 0 radical (unpaired) electrons. The maximum atomic E-state index is 12.8. The summed E-state index contributed by atoms with van der Waals surface area (Å²) in [5.41, 5.74) is 1.15. The molecule has 1 aliphatic heterocycles. The Hall–Kier alpha value is -2.43. The van der Waals surface area contributed by atoms with Gasteiger partial charge in [-0.05, 0) is 51.8 Å². The summed E-state index contributed by atoms with van der Waals surface area (Å²) < 4.78 is 11.7. The summed E-state index contributed by atoms with van der Waals surface area (Å²) in [6, 6.07) is 9.23. The molecule has 0 unspecified atom stereocenters. The molecular weight excluding hydrogens is 468 g/mol. The first-order valence-electron chi connectivity index (χ1n) is 7.79. The van der Waals surface area contributed by atoms with Gasteiger partial charge in [-0.25, -0.2) is 0 Å². The minimum atomic E-state index is -0.497. The van der Waals surface area contributed by atoms with Crippen LogP contribution in [0.1, 0.15) is 5.56 Å². The summed E-state index contributed by atoms with van der Waals surface area (Å²) in [5.74, 6) is 0.779. The highest BCUT2D eigenvalue weighted by molar-refractivity contribution is 9.10. The third kappa shape index (κ3) is 3.89. The average Bonchev–Trinajstić information content (AvgIpc) is 2.94. The molecule has 0 atom stereocenters. The fraction of sp³-hybridized carbons (Fsp3) is 0.111. The maximum absolute atomic E-state index is 12.8. The highest BCUT2D eigenvalue weighted by Crippen LogP contribution is 2.40. The van der Waals surface area contributed by atoms with Gasteiger partial charge in [0.25, 0.3) is 11.6 Å². The number of thioether (sulfide) groups is 1. The molecule has 2 aromatic rings. The highest BCUT2D eigenvalue weighted by Gasteiger charge is 2.33. The van der Waals surface area contributed by atoms with Crippen molar-refractivity contribution >= 4 is 67.6 Å². The molecule has 0 aromatic heterocycles. The molecule has 1 amide bonds. The van der Waals surface area contributed by atoms with Crippen molar-refractivity contribution in [3.8, 4) is 11.5 Å². The molecule has 1 heterocycles. The van der Waals surface area contributed by atoms with Crippen LogP contribution in [-0.2, 0) is 4.79 Å². The van der Waals surface area contributed by atoms with Gasteiger partial charge in [-0.3, -0.25) is 19.8 Å². The number of hydrogen-bond donors (Lipinski definition) is 0. The van der Waals surface area contributed by atoms with Gasteiger partial charge in [-0.15, -0.1) is 0 Å². The molecule has 7 nitrogen and oxygen atoms in total. The zero-order valence-electron chi connectivity index (χ0n) is 14.7.